The first-order valence-electron chi connectivity index (χ1n) is 7.55. The highest BCUT2D eigenvalue weighted by molar-refractivity contribution is 5.92. The molecule has 0 aliphatic heterocycles. The maximum atomic E-state index is 11.9. The molecule has 1 N–H and O–H groups in total. The summed E-state index contributed by atoms with van der Waals surface area (Å²) in [6.45, 7) is 3.36. The van der Waals surface area contributed by atoms with Crippen LogP contribution >= 0.6 is 0 Å². The molecule has 0 spiro atoms. The van der Waals surface area contributed by atoms with Crippen LogP contribution < -0.4 is 10.1 Å². The average molecular weight is 337 g/mol. The van der Waals surface area contributed by atoms with Gasteiger partial charge in [-0.3, -0.25) is 4.79 Å². The Hall–Kier alpha value is -2.57. The van der Waals surface area contributed by atoms with Crippen LogP contribution in [0.4, 0.5) is 0 Å². The van der Waals surface area contributed by atoms with Crippen molar-refractivity contribution in [2.24, 2.45) is 5.92 Å². The molecule has 1 atom stereocenters. The molecule has 1 aromatic rings. The molecule has 24 heavy (non-hydrogen) atoms. The van der Waals surface area contributed by atoms with E-state index in [1.54, 1.807) is 18.2 Å². The molecule has 0 saturated heterocycles. The van der Waals surface area contributed by atoms with Crippen LogP contribution in [-0.4, -0.2) is 44.7 Å². The van der Waals surface area contributed by atoms with Crippen molar-refractivity contribution in [2.45, 2.75) is 26.3 Å². The SMILES string of the molecule is COC(=O)[C@@H](CC(C)C)NC(=O)COC(=O)c1cccc(OC)c1. The molecule has 0 unspecified atom stereocenters. The van der Waals surface area contributed by atoms with Crippen LogP contribution in [-0.2, 0) is 19.1 Å². The number of hydrogen-bond acceptors (Lipinski definition) is 6. The fourth-order valence-corrected chi connectivity index (χ4v) is 2.03. The number of nitrogens with one attached hydrogen (secondary N) is 1. The van der Waals surface area contributed by atoms with E-state index in [1.807, 2.05) is 13.8 Å². The second kappa shape index (κ2) is 9.54. The van der Waals surface area contributed by atoms with Crippen LogP contribution in [0.3, 0.4) is 0 Å². The third kappa shape index (κ3) is 6.28. The summed E-state index contributed by atoms with van der Waals surface area (Å²) in [6, 6.07) is 5.63. The zero-order chi connectivity index (χ0) is 18.1. The Bertz CT molecular complexity index is 584. The van der Waals surface area contributed by atoms with E-state index in [0.29, 0.717) is 12.2 Å². The smallest absolute Gasteiger partial charge is 0.338 e. The first-order chi connectivity index (χ1) is 11.4. The van der Waals surface area contributed by atoms with Gasteiger partial charge in [0.15, 0.2) is 6.61 Å². The summed E-state index contributed by atoms with van der Waals surface area (Å²) in [5, 5.41) is 2.51. The molecule has 132 valence electrons. The van der Waals surface area contributed by atoms with Gasteiger partial charge in [-0.1, -0.05) is 19.9 Å². The molecular weight excluding hydrogens is 314 g/mol. The summed E-state index contributed by atoms with van der Waals surface area (Å²) >= 11 is 0. The van der Waals surface area contributed by atoms with Crippen molar-refractivity contribution >= 4 is 17.8 Å². The molecule has 1 rings (SSSR count). The fraction of sp³-hybridized carbons (Fsp3) is 0.471. The van der Waals surface area contributed by atoms with Gasteiger partial charge in [-0.05, 0) is 30.5 Å². The van der Waals surface area contributed by atoms with Crippen LogP contribution in [0.1, 0.15) is 30.6 Å². The molecule has 7 nitrogen and oxygen atoms in total. The van der Waals surface area contributed by atoms with E-state index >= 15 is 0 Å². The zero-order valence-electron chi connectivity index (χ0n) is 14.3. The highest BCUT2D eigenvalue weighted by Crippen LogP contribution is 2.13. The van der Waals surface area contributed by atoms with E-state index in [9.17, 15) is 14.4 Å². The maximum Gasteiger partial charge on any atom is 0.338 e. The van der Waals surface area contributed by atoms with Gasteiger partial charge in [0, 0.05) is 0 Å². The van der Waals surface area contributed by atoms with Crippen molar-refractivity contribution in [1.82, 2.24) is 5.32 Å². The minimum absolute atomic E-state index is 0.189. The highest BCUT2D eigenvalue weighted by Gasteiger charge is 2.23. The second-order valence-corrected chi connectivity index (χ2v) is 5.58. The van der Waals surface area contributed by atoms with Crippen molar-refractivity contribution in [3.8, 4) is 5.75 Å². The predicted octanol–water partition coefficient (Wildman–Crippen LogP) is 1.56. The molecule has 1 amide bonds. The Kier molecular flexibility index (Phi) is 7.74. The lowest BCUT2D eigenvalue weighted by Crippen LogP contribution is -2.44. The molecule has 1 aromatic carbocycles. The molecule has 0 saturated carbocycles. The summed E-state index contributed by atoms with van der Waals surface area (Å²) in [5.41, 5.74) is 0.272. The zero-order valence-corrected chi connectivity index (χ0v) is 14.3. The van der Waals surface area contributed by atoms with Gasteiger partial charge in [0.1, 0.15) is 11.8 Å². The maximum absolute atomic E-state index is 11.9. The summed E-state index contributed by atoms with van der Waals surface area (Å²) in [6.07, 6.45) is 0.433. The number of carbonyl (C=O) groups is 3. The van der Waals surface area contributed by atoms with Crippen molar-refractivity contribution in [2.75, 3.05) is 20.8 Å². The lowest BCUT2D eigenvalue weighted by molar-refractivity contribution is -0.145. The number of carbonyl (C=O) groups excluding carboxylic acids is 3. The Labute approximate surface area is 141 Å². The quantitative estimate of drug-likeness (QED) is 0.724. The molecule has 0 aliphatic carbocycles. The summed E-state index contributed by atoms with van der Waals surface area (Å²) in [7, 11) is 2.74. The van der Waals surface area contributed by atoms with Crippen LogP contribution in [0.25, 0.3) is 0 Å². The molecule has 0 aliphatic rings. The third-order valence-corrected chi connectivity index (χ3v) is 3.17. The van der Waals surface area contributed by atoms with E-state index < -0.39 is 30.5 Å². The standard InChI is InChI=1S/C17H23NO6/c1-11(2)8-14(17(21)23-4)18-15(19)10-24-16(20)12-6-5-7-13(9-12)22-3/h5-7,9,11,14H,8,10H2,1-4H3,(H,18,19)/t14-/m1/s1. The van der Waals surface area contributed by atoms with Crippen molar-refractivity contribution in [3.05, 3.63) is 29.8 Å². The second-order valence-electron chi connectivity index (χ2n) is 5.58. The van der Waals surface area contributed by atoms with Gasteiger partial charge in [-0.25, -0.2) is 9.59 Å². The first-order valence-corrected chi connectivity index (χ1v) is 7.55. The summed E-state index contributed by atoms with van der Waals surface area (Å²) < 4.78 is 14.6. The van der Waals surface area contributed by atoms with E-state index in [0.717, 1.165) is 0 Å². The van der Waals surface area contributed by atoms with Crippen molar-refractivity contribution < 1.29 is 28.6 Å². The van der Waals surface area contributed by atoms with Gasteiger partial charge in [0.25, 0.3) is 5.91 Å². The Morgan fingerprint density at radius 2 is 1.88 bits per heavy atom. The van der Waals surface area contributed by atoms with E-state index in [1.165, 1.54) is 20.3 Å². The van der Waals surface area contributed by atoms with Crippen LogP contribution in [0, 0.1) is 5.92 Å². The fourth-order valence-electron chi connectivity index (χ4n) is 2.03. The van der Waals surface area contributed by atoms with Crippen molar-refractivity contribution in [3.63, 3.8) is 0 Å². The van der Waals surface area contributed by atoms with Gasteiger partial charge in [0.05, 0.1) is 19.8 Å². The van der Waals surface area contributed by atoms with Crippen LogP contribution in [0.2, 0.25) is 0 Å². The summed E-state index contributed by atoms with van der Waals surface area (Å²) in [5.74, 6) is -1.05. The predicted molar refractivity (Wildman–Crippen MR) is 86.7 cm³/mol. The number of ether oxygens (including phenoxy) is 3. The minimum Gasteiger partial charge on any atom is -0.497 e. The number of rotatable bonds is 8. The minimum atomic E-state index is -0.766. The Morgan fingerprint density at radius 1 is 1.17 bits per heavy atom. The molecule has 0 aromatic heterocycles. The molecular formula is C17H23NO6. The van der Waals surface area contributed by atoms with Gasteiger partial charge in [-0.15, -0.1) is 0 Å². The molecule has 0 heterocycles. The lowest BCUT2D eigenvalue weighted by atomic mass is 10.0. The monoisotopic (exact) mass is 337 g/mol. The van der Waals surface area contributed by atoms with Crippen molar-refractivity contribution in [1.29, 1.82) is 0 Å². The molecule has 7 heteroatoms. The number of methoxy groups -OCH3 is 2. The Morgan fingerprint density at radius 3 is 2.46 bits per heavy atom. The number of amides is 1. The number of esters is 2. The normalized spacial score (nSPS) is 11.5. The molecule has 0 bridgehead atoms. The largest absolute Gasteiger partial charge is 0.497 e. The van der Waals surface area contributed by atoms with Gasteiger partial charge in [0.2, 0.25) is 0 Å². The van der Waals surface area contributed by atoms with E-state index in [4.69, 9.17) is 9.47 Å². The lowest BCUT2D eigenvalue weighted by Gasteiger charge is -2.18. The van der Waals surface area contributed by atoms with Crippen LogP contribution in [0.15, 0.2) is 24.3 Å². The molecule has 0 fully saturated rings. The van der Waals surface area contributed by atoms with Gasteiger partial charge < -0.3 is 19.5 Å². The topological polar surface area (TPSA) is 90.9 Å². The summed E-state index contributed by atoms with van der Waals surface area (Å²) in [4.78, 5) is 35.5. The number of hydrogen-bond donors (Lipinski definition) is 1. The van der Waals surface area contributed by atoms with Gasteiger partial charge >= 0.3 is 11.9 Å². The third-order valence-electron chi connectivity index (χ3n) is 3.17. The van der Waals surface area contributed by atoms with E-state index in [2.05, 4.69) is 10.1 Å². The highest BCUT2D eigenvalue weighted by atomic mass is 16.5. The molecule has 0 radical (unpaired) electrons. The first kappa shape index (κ1) is 19.5. The van der Waals surface area contributed by atoms with Gasteiger partial charge in [-0.2, -0.15) is 0 Å². The van der Waals surface area contributed by atoms with E-state index in [-0.39, 0.29) is 11.5 Å². The number of benzene rings is 1. The Balaban J connectivity index is 2.57. The van der Waals surface area contributed by atoms with Crippen LogP contribution in [0.5, 0.6) is 5.75 Å². The average Bonchev–Trinajstić information content (AvgIpc) is 2.57.